The van der Waals surface area contributed by atoms with E-state index in [0.717, 1.165) is 16.8 Å². The van der Waals surface area contributed by atoms with Gasteiger partial charge in [-0.05, 0) is 23.8 Å². The maximum atomic E-state index is 12.6. The molecule has 4 rings (SSSR count). The van der Waals surface area contributed by atoms with E-state index in [1.165, 1.54) is 13.2 Å². The molecular weight excluding hydrogens is 374 g/mol. The van der Waals surface area contributed by atoms with Gasteiger partial charge in [0.2, 0.25) is 0 Å². The summed E-state index contributed by atoms with van der Waals surface area (Å²) in [5, 5.41) is 11.2. The molecule has 1 N–H and O–H groups in total. The number of H-pyrrole nitrogens is 1. The smallest absolute Gasteiger partial charge is 0.311 e. The van der Waals surface area contributed by atoms with Gasteiger partial charge in [0.25, 0.3) is 5.56 Å². The summed E-state index contributed by atoms with van der Waals surface area (Å²) in [6.45, 7) is 1.63. The van der Waals surface area contributed by atoms with Crippen molar-refractivity contribution in [3.63, 3.8) is 0 Å². The van der Waals surface area contributed by atoms with E-state index in [2.05, 4.69) is 19.9 Å². The van der Waals surface area contributed by atoms with Crippen LogP contribution in [-0.4, -0.2) is 38.4 Å². The quantitative estimate of drug-likeness (QED) is 0.522. The SMILES string of the molecule is COc1ccc(CN2CCc3nc(-c4cccnc4)[nH]c(=O)c3C2)cc1[N+](=O)[O-]. The fourth-order valence-corrected chi connectivity index (χ4v) is 3.49. The summed E-state index contributed by atoms with van der Waals surface area (Å²) in [5.41, 5.74) is 2.73. The van der Waals surface area contributed by atoms with E-state index in [-0.39, 0.29) is 17.0 Å². The molecule has 0 saturated carbocycles. The molecule has 0 saturated heterocycles. The van der Waals surface area contributed by atoms with Gasteiger partial charge in [-0.25, -0.2) is 4.98 Å². The lowest BCUT2D eigenvalue weighted by molar-refractivity contribution is -0.385. The van der Waals surface area contributed by atoms with Crippen molar-refractivity contribution in [2.45, 2.75) is 19.5 Å². The highest BCUT2D eigenvalue weighted by molar-refractivity contribution is 5.53. The van der Waals surface area contributed by atoms with Crippen LogP contribution in [0.5, 0.6) is 5.75 Å². The first-order chi connectivity index (χ1) is 14.0. The maximum Gasteiger partial charge on any atom is 0.311 e. The number of nitro groups is 1. The lowest BCUT2D eigenvalue weighted by Crippen LogP contribution is -2.35. The van der Waals surface area contributed by atoms with Crippen LogP contribution in [0.3, 0.4) is 0 Å². The number of methoxy groups -OCH3 is 1. The molecule has 0 radical (unpaired) electrons. The monoisotopic (exact) mass is 393 g/mol. The Hall–Kier alpha value is -3.59. The van der Waals surface area contributed by atoms with E-state index in [1.54, 1.807) is 30.6 Å². The minimum atomic E-state index is -0.456. The van der Waals surface area contributed by atoms with Crippen molar-refractivity contribution in [2.75, 3.05) is 13.7 Å². The Bertz CT molecular complexity index is 1110. The molecule has 0 unspecified atom stereocenters. The molecule has 9 heteroatoms. The zero-order chi connectivity index (χ0) is 20.4. The van der Waals surface area contributed by atoms with Crippen molar-refractivity contribution in [3.05, 3.63) is 80.0 Å². The van der Waals surface area contributed by atoms with Crippen LogP contribution < -0.4 is 10.3 Å². The number of nitrogens with zero attached hydrogens (tertiary/aromatic N) is 4. The Kier molecular flexibility index (Phi) is 5.05. The van der Waals surface area contributed by atoms with Crippen LogP contribution in [-0.2, 0) is 19.5 Å². The fourth-order valence-electron chi connectivity index (χ4n) is 3.49. The summed E-state index contributed by atoms with van der Waals surface area (Å²) < 4.78 is 5.05. The summed E-state index contributed by atoms with van der Waals surface area (Å²) in [6.07, 6.45) is 3.96. The van der Waals surface area contributed by atoms with Gasteiger partial charge < -0.3 is 9.72 Å². The third-order valence-electron chi connectivity index (χ3n) is 4.93. The van der Waals surface area contributed by atoms with Gasteiger partial charge in [0, 0.05) is 50.1 Å². The molecule has 2 aromatic heterocycles. The van der Waals surface area contributed by atoms with E-state index >= 15 is 0 Å². The Morgan fingerprint density at radius 2 is 2.21 bits per heavy atom. The molecule has 0 amide bonds. The number of benzene rings is 1. The molecule has 0 bridgehead atoms. The predicted octanol–water partition coefficient (Wildman–Crippen LogP) is 2.31. The van der Waals surface area contributed by atoms with E-state index in [1.807, 2.05) is 6.07 Å². The van der Waals surface area contributed by atoms with Crippen molar-refractivity contribution in [2.24, 2.45) is 0 Å². The highest BCUT2D eigenvalue weighted by atomic mass is 16.6. The highest BCUT2D eigenvalue weighted by Crippen LogP contribution is 2.28. The Balaban J connectivity index is 1.56. The largest absolute Gasteiger partial charge is 0.490 e. The van der Waals surface area contributed by atoms with E-state index in [9.17, 15) is 14.9 Å². The molecule has 9 nitrogen and oxygen atoms in total. The average Bonchev–Trinajstić information content (AvgIpc) is 2.74. The first-order valence-corrected chi connectivity index (χ1v) is 9.11. The fraction of sp³-hybridized carbons (Fsp3) is 0.250. The standard InChI is InChI=1S/C20H19N5O4/c1-29-18-5-4-13(9-17(18)25(27)28)11-24-8-6-16-15(12-24)20(26)23-19(22-16)14-3-2-7-21-10-14/h2-5,7,9-10H,6,8,11-12H2,1H3,(H,22,23,26). The summed E-state index contributed by atoms with van der Waals surface area (Å²) in [5.74, 6) is 0.743. The van der Waals surface area contributed by atoms with Gasteiger partial charge in [0.05, 0.1) is 23.3 Å². The number of nitro benzene ring substituents is 1. The number of ether oxygens (including phenoxy) is 1. The molecule has 1 aliphatic heterocycles. The summed E-state index contributed by atoms with van der Waals surface area (Å²) in [7, 11) is 1.41. The Morgan fingerprint density at radius 3 is 2.93 bits per heavy atom. The van der Waals surface area contributed by atoms with Crippen LogP contribution in [0.1, 0.15) is 16.8 Å². The number of hydrogen-bond acceptors (Lipinski definition) is 7. The van der Waals surface area contributed by atoms with Gasteiger partial charge in [-0.3, -0.25) is 24.8 Å². The Morgan fingerprint density at radius 1 is 1.34 bits per heavy atom. The van der Waals surface area contributed by atoms with Gasteiger partial charge in [0.15, 0.2) is 5.75 Å². The second-order valence-corrected chi connectivity index (χ2v) is 6.81. The van der Waals surface area contributed by atoms with E-state index in [4.69, 9.17) is 4.74 Å². The minimum absolute atomic E-state index is 0.0666. The third-order valence-corrected chi connectivity index (χ3v) is 4.93. The number of fused-ring (bicyclic) bond motifs is 1. The number of aromatic nitrogens is 3. The highest BCUT2D eigenvalue weighted by Gasteiger charge is 2.23. The molecule has 0 fully saturated rings. The number of rotatable bonds is 5. The normalized spacial score (nSPS) is 13.7. The summed E-state index contributed by atoms with van der Waals surface area (Å²) in [6, 6.07) is 8.56. The molecule has 29 heavy (non-hydrogen) atoms. The number of pyridine rings is 1. The maximum absolute atomic E-state index is 12.6. The zero-order valence-electron chi connectivity index (χ0n) is 15.8. The van der Waals surface area contributed by atoms with Crippen LogP contribution in [0.25, 0.3) is 11.4 Å². The second kappa shape index (κ2) is 7.80. The molecule has 3 heterocycles. The van der Waals surface area contributed by atoms with Crippen LogP contribution >= 0.6 is 0 Å². The van der Waals surface area contributed by atoms with Crippen molar-refractivity contribution in [3.8, 4) is 17.1 Å². The van der Waals surface area contributed by atoms with Crippen LogP contribution in [0.15, 0.2) is 47.5 Å². The van der Waals surface area contributed by atoms with Gasteiger partial charge in [-0.1, -0.05) is 6.07 Å². The molecular formula is C20H19N5O4. The van der Waals surface area contributed by atoms with Crippen LogP contribution in [0, 0.1) is 10.1 Å². The minimum Gasteiger partial charge on any atom is -0.490 e. The van der Waals surface area contributed by atoms with Crippen molar-refractivity contribution in [1.29, 1.82) is 0 Å². The molecule has 3 aromatic rings. The summed E-state index contributed by atoms with van der Waals surface area (Å²) in [4.78, 5) is 37.0. The zero-order valence-corrected chi connectivity index (χ0v) is 15.8. The first-order valence-electron chi connectivity index (χ1n) is 9.11. The van der Waals surface area contributed by atoms with Gasteiger partial charge in [0.1, 0.15) is 5.82 Å². The molecule has 0 aliphatic carbocycles. The number of nitrogens with one attached hydrogen (secondary N) is 1. The molecule has 0 atom stereocenters. The lowest BCUT2D eigenvalue weighted by Gasteiger charge is -2.27. The van der Waals surface area contributed by atoms with E-state index in [0.29, 0.717) is 37.4 Å². The van der Waals surface area contributed by atoms with E-state index < -0.39 is 4.92 Å². The molecule has 0 spiro atoms. The van der Waals surface area contributed by atoms with Gasteiger partial charge in [-0.15, -0.1) is 0 Å². The predicted molar refractivity (Wildman–Crippen MR) is 106 cm³/mol. The van der Waals surface area contributed by atoms with Crippen LogP contribution in [0.4, 0.5) is 5.69 Å². The number of aromatic amines is 1. The Labute approximate surface area is 166 Å². The average molecular weight is 393 g/mol. The van der Waals surface area contributed by atoms with Crippen molar-refractivity contribution < 1.29 is 9.66 Å². The molecule has 1 aromatic carbocycles. The van der Waals surface area contributed by atoms with Crippen molar-refractivity contribution in [1.82, 2.24) is 19.9 Å². The van der Waals surface area contributed by atoms with Crippen LogP contribution in [0.2, 0.25) is 0 Å². The number of hydrogen-bond donors (Lipinski definition) is 1. The van der Waals surface area contributed by atoms with Gasteiger partial charge in [-0.2, -0.15) is 0 Å². The second-order valence-electron chi connectivity index (χ2n) is 6.81. The topological polar surface area (TPSA) is 114 Å². The van der Waals surface area contributed by atoms with Gasteiger partial charge >= 0.3 is 5.69 Å². The summed E-state index contributed by atoms with van der Waals surface area (Å²) >= 11 is 0. The first kappa shape index (κ1) is 18.8. The van der Waals surface area contributed by atoms with Crippen molar-refractivity contribution >= 4 is 5.69 Å². The molecule has 1 aliphatic rings. The third kappa shape index (κ3) is 3.85. The molecule has 148 valence electrons. The lowest BCUT2D eigenvalue weighted by atomic mass is 10.1.